The van der Waals surface area contributed by atoms with E-state index >= 15 is 0 Å². The van der Waals surface area contributed by atoms with Crippen molar-refractivity contribution in [3.05, 3.63) is 58.3 Å². The summed E-state index contributed by atoms with van der Waals surface area (Å²) in [5.74, 6) is 1.95. The van der Waals surface area contributed by atoms with Gasteiger partial charge in [0.2, 0.25) is 0 Å². The summed E-state index contributed by atoms with van der Waals surface area (Å²) >= 11 is 1.87. The highest BCUT2D eigenvalue weighted by atomic mass is 127. The maximum atomic E-state index is 6.04. The largest absolute Gasteiger partial charge is 0.373 e. The summed E-state index contributed by atoms with van der Waals surface area (Å²) in [6.07, 6.45) is 3.77. The van der Waals surface area contributed by atoms with Gasteiger partial charge in [-0.1, -0.05) is 36.4 Å². The van der Waals surface area contributed by atoms with E-state index in [4.69, 9.17) is 4.74 Å². The van der Waals surface area contributed by atoms with Crippen molar-refractivity contribution >= 4 is 41.3 Å². The molecule has 4 rings (SSSR count). The fourth-order valence-electron chi connectivity index (χ4n) is 4.91. The highest BCUT2D eigenvalue weighted by Crippen LogP contribution is 2.37. The van der Waals surface area contributed by atoms with E-state index in [9.17, 15) is 0 Å². The maximum absolute atomic E-state index is 6.04. The fraction of sp³-hybridized carbons (Fsp3) is 0.542. The average molecular weight is 555 g/mol. The molecule has 1 aromatic carbocycles. The van der Waals surface area contributed by atoms with E-state index < -0.39 is 0 Å². The van der Waals surface area contributed by atoms with Crippen LogP contribution in [0.15, 0.2) is 52.8 Å². The first-order valence-electron chi connectivity index (χ1n) is 11.1. The van der Waals surface area contributed by atoms with Gasteiger partial charge in [0, 0.05) is 43.6 Å². The molecule has 2 aromatic rings. The summed E-state index contributed by atoms with van der Waals surface area (Å²) in [6, 6.07) is 15.5. The highest BCUT2D eigenvalue weighted by molar-refractivity contribution is 14.0. The number of hydrogen-bond acceptors (Lipinski definition) is 4. The van der Waals surface area contributed by atoms with Gasteiger partial charge in [-0.2, -0.15) is 0 Å². The third kappa shape index (κ3) is 6.21. The van der Waals surface area contributed by atoms with Crippen molar-refractivity contribution < 1.29 is 4.74 Å². The van der Waals surface area contributed by atoms with Gasteiger partial charge in [-0.15, -0.1) is 35.3 Å². The fourth-order valence-corrected chi connectivity index (χ4v) is 5.90. The van der Waals surface area contributed by atoms with Crippen LogP contribution < -0.4 is 10.6 Å². The lowest BCUT2D eigenvalue weighted by atomic mass is 9.88. The number of thiophene rings is 1. The van der Waals surface area contributed by atoms with E-state index in [0.29, 0.717) is 17.9 Å². The third-order valence-corrected chi connectivity index (χ3v) is 7.41. The molecule has 0 saturated carbocycles. The second-order valence-electron chi connectivity index (χ2n) is 8.43. The molecule has 3 heterocycles. The average Bonchev–Trinajstić information content (AvgIpc) is 3.47. The molecule has 2 N–H and O–H groups in total. The van der Waals surface area contributed by atoms with Gasteiger partial charge in [-0.3, -0.25) is 9.89 Å². The smallest absolute Gasteiger partial charge is 0.190 e. The Labute approximate surface area is 207 Å². The van der Waals surface area contributed by atoms with Gasteiger partial charge in [-0.05, 0) is 55.8 Å². The molecule has 0 bridgehead atoms. The lowest BCUT2D eigenvalue weighted by molar-refractivity contribution is 0.0914. The Bertz CT molecular complexity index is 801. The number of nitrogens with zero attached hydrogens (tertiary/aromatic N) is 2. The quantitative estimate of drug-likeness (QED) is 0.309. The standard InChI is InChI=1S/C24H34N4OS.HI/c1-25-24(27-17-20-12-14-29-23(20)18-8-4-3-5-9-18)26-16-19-10-6-13-28(2)22(19)21-11-7-15-30-21;/h3-5,7-9,11,15,19-20,22-23H,6,10,12-14,16-17H2,1-2H3,(H2,25,26,27);1H. The molecular formula is C24H35IN4OS. The number of piperidine rings is 1. The van der Waals surface area contributed by atoms with E-state index in [-0.39, 0.29) is 30.1 Å². The monoisotopic (exact) mass is 554 g/mol. The number of ether oxygens (including phenoxy) is 1. The number of halogens is 1. The molecule has 2 aliphatic heterocycles. The molecule has 0 aliphatic carbocycles. The van der Waals surface area contributed by atoms with Crippen LogP contribution >= 0.6 is 35.3 Å². The van der Waals surface area contributed by atoms with Gasteiger partial charge in [0.05, 0.1) is 6.10 Å². The molecule has 4 unspecified atom stereocenters. The summed E-state index contributed by atoms with van der Waals surface area (Å²) < 4.78 is 6.04. The molecule has 170 valence electrons. The Balaban J connectivity index is 0.00000272. The number of guanidine groups is 1. The summed E-state index contributed by atoms with van der Waals surface area (Å²) in [7, 11) is 4.12. The van der Waals surface area contributed by atoms with Crippen LogP contribution in [0, 0.1) is 11.8 Å². The second kappa shape index (κ2) is 12.2. The molecule has 7 heteroatoms. The Morgan fingerprint density at radius 1 is 1.10 bits per heavy atom. The Morgan fingerprint density at radius 3 is 2.58 bits per heavy atom. The van der Waals surface area contributed by atoms with Crippen LogP contribution in [0.3, 0.4) is 0 Å². The van der Waals surface area contributed by atoms with E-state index in [2.05, 4.69) is 75.4 Å². The number of hydrogen-bond donors (Lipinski definition) is 2. The van der Waals surface area contributed by atoms with Crippen LogP contribution in [0.4, 0.5) is 0 Å². The second-order valence-corrected chi connectivity index (χ2v) is 9.41. The van der Waals surface area contributed by atoms with Gasteiger partial charge < -0.3 is 15.4 Å². The first-order valence-corrected chi connectivity index (χ1v) is 12.0. The minimum Gasteiger partial charge on any atom is -0.373 e. The number of benzene rings is 1. The number of likely N-dealkylation sites (tertiary alicyclic amines) is 1. The van der Waals surface area contributed by atoms with Crippen molar-refractivity contribution in [1.82, 2.24) is 15.5 Å². The molecule has 2 fully saturated rings. The van der Waals surface area contributed by atoms with Crippen LogP contribution in [-0.2, 0) is 4.74 Å². The van der Waals surface area contributed by atoms with Gasteiger partial charge in [0.1, 0.15) is 0 Å². The summed E-state index contributed by atoms with van der Waals surface area (Å²) in [5, 5.41) is 9.36. The van der Waals surface area contributed by atoms with Crippen LogP contribution in [0.5, 0.6) is 0 Å². The maximum Gasteiger partial charge on any atom is 0.190 e. The zero-order valence-electron chi connectivity index (χ0n) is 18.5. The lowest BCUT2D eigenvalue weighted by Gasteiger charge is -2.39. The van der Waals surface area contributed by atoms with Crippen LogP contribution in [-0.4, -0.2) is 51.2 Å². The molecule has 31 heavy (non-hydrogen) atoms. The molecule has 4 atom stereocenters. The van der Waals surface area contributed by atoms with Crippen molar-refractivity contribution in [3.63, 3.8) is 0 Å². The summed E-state index contributed by atoms with van der Waals surface area (Å²) in [6.45, 7) is 3.82. The summed E-state index contributed by atoms with van der Waals surface area (Å²) in [4.78, 5) is 8.47. The van der Waals surface area contributed by atoms with E-state index in [1.54, 1.807) is 0 Å². The minimum absolute atomic E-state index is 0. The third-order valence-electron chi connectivity index (χ3n) is 6.47. The van der Waals surface area contributed by atoms with Crippen molar-refractivity contribution in [2.24, 2.45) is 16.8 Å². The number of aliphatic imine (C=N–C) groups is 1. The molecule has 0 spiro atoms. The topological polar surface area (TPSA) is 48.9 Å². The normalized spacial score (nSPS) is 27.0. The lowest BCUT2D eigenvalue weighted by Crippen LogP contribution is -2.45. The van der Waals surface area contributed by atoms with Crippen molar-refractivity contribution in [3.8, 4) is 0 Å². The summed E-state index contributed by atoms with van der Waals surface area (Å²) in [5.41, 5.74) is 1.27. The molecule has 5 nitrogen and oxygen atoms in total. The van der Waals surface area contributed by atoms with E-state index in [1.807, 2.05) is 18.4 Å². The predicted octanol–water partition coefficient (Wildman–Crippen LogP) is 4.69. The zero-order valence-corrected chi connectivity index (χ0v) is 21.6. The first kappa shape index (κ1) is 24.5. The van der Waals surface area contributed by atoms with Gasteiger partial charge in [-0.25, -0.2) is 0 Å². The Kier molecular flexibility index (Phi) is 9.62. The van der Waals surface area contributed by atoms with Crippen LogP contribution in [0.2, 0.25) is 0 Å². The predicted molar refractivity (Wildman–Crippen MR) is 140 cm³/mol. The molecule has 2 aliphatic rings. The molecule has 0 radical (unpaired) electrons. The number of nitrogens with one attached hydrogen (secondary N) is 2. The van der Waals surface area contributed by atoms with Crippen LogP contribution in [0.25, 0.3) is 0 Å². The molecule has 1 aromatic heterocycles. The highest BCUT2D eigenvalue weighted by Gasteiger charge is 2.32. The molecular weight excluding hydrogens is 519 g/mol. The van der Waals surface area contributed by atoms with E-state index in [1.165, 1.54) is 29.8 Å². The SMILES string of the molecule is CN=C(NCC1CCOC1c1ccccc1)NCC1CCCN(C)C1c1cccs1.I. The first-order chi connectivity index (χ1) is 14.8. The van der Waals surface area contributed by atoms with Crippen molar-refractivity contribution in [2.45, 2.75) is 31.4 Å². The Morgan fingerprint density at radius 2 is 1.87 bits per heavy atom. The van der Waals surface area contributed by atoms with Crippen LogP contribution in [0.1, 0.15) is 41.8 Å². The minimum atomic E-state index is 0. The Hall–Kier alpha value is -1.16. The number of rotatable bonds is 6. The van der Waals surface area contributed by atoms with Gasteiger partial charge >= 0.3 is 0 Å². The van der Waals surface area contributed by atoms with Gasteiger partial charge in [0.25, 0.3) is 0 Å². The van der Waals surface area contributed by atoms with Crippen molar-refractivity contribution in [2.75, 3.05) is 40.3 Å². The molecule has 0 amide bonds. The molecule has 2 saturated heterocycles. The van der Waals surface area contributed by atoms with Crippen molar-refractivity contribution in [1.29, 1.82) is 0 Å². The zero-order chi connectivity index (χ0) is 20.8. The van der Waals surface area contributed by atoms with E-state index in [0.717, 1.165) is 32.1 Å². The van der Waals surface area contributed by atoms with Gasteiger partial charge in [0.15, 0.2) is 5.96 Å².